The maximum absolute atomic E-state index is 12.8. The van der Waals surface area contributed by atoms with Crippen molar-refractivity contribution < 1.29 is 13.2 Å². The molecule has 0 spiro atoms. The Morgan fingerprint density at radius 1 is 1.31 bits per heavy atom. The Morgan fingerprint density at radius 2 is 2.06 bits per heavy atom. The van der Waals surface area contributed by atoms with Gasteiger partial charge in [0, 0.05) is 11.6 Å². The fraction of sp³-hybridized carbons (Fsp3) is 0.455. The van der Waals surface area contributed by atoms with E-state index in [1.807, 2.05) is 0 Å². The summed E-state index contributed by atoms with van der Waals surface area (Å²) in [4.78, 5) is 0. The lowest BCUT2D eigenvalue weighted by Crippen LogP contribution is -2.30. The molecule has 0 saturated carbocycles. The van der Waals surface area contributed by atoms with E-state index in [2.05, 4.69) is 5.32 Å². The molecule has 0 aliphatic carbocycles. The molecule has 0 radical (unpaired) electrons. The van der Waals surface area contributed by atoms with Gasteiger partial charge in [0.25, 0.3) is 0 Å². The van der Waals surface area contributed by atoms with Crippen LogP contribution in [0.5, 0.6) is 0 Å². The van der Waals surface area contributed by atoms with E-state index < -0.39 is 12.1 Å². The maximum atomic E-state index is 12.8. The first-order chi connectivity index (χ1) is 7.48. The molecule has 0 aromatic heterocycles. The van der Waals surface area contributed by atoms with Crippen LogP contribution in [-0.2, 0) is 6.42 Å². The third kappa shape index (κ3) is 2.33. The molecule has 88 valence electrons. The minimum absolute atomic E-state index is 0.0726. The molecular weight excluding hydrogens is 239 g/mol. The SMILES string of the molecule is FC(F)(F)C1CNCCc2ccc(Cl)cc21. The molecule has 1 unspecified atom stereocenters. The highest BCUT2D eigenvalue weighted by Crippen LogP contribution is 2.38. The van der Waals surface area contributed by atoms with Crippen molar-refractivity contribution in [2.45, 2.75) is 18.5 Å². The molecule has 5 heteroatoms. The van der Waals surface area contributed by atoms with E-state index in [9.17, 15) is 13.2 Å². The van der Waals surface area contributed by atoms with E-state index in [1.165, 1.54) is 6.07 Å². The molecular formula is C11H11ClF3N. The smallest absolute Gasteiger partial charge is 0.315 e. The molecule has 2 rings (SSSR count). The van der Waals surface area contributed by atoms with E-state index >= 15 is 0 Å². The first-order valence-electron chi connectivity index (χ1n) is 5.04. The largest absolute Gasteiger partial charge is 0.396 e. The second kappa shape index (κ2) is 4.26. The van der Waals surface area contributed by atoms with Crippen molar-refractivity contribution in [3.63, 3.8) is 0 Å². The summed E-state index contributed by atoms with van der Waals surface area (Å²) in [5, 5.41) is 3.16. The molecule has 1 aliphatic rings. The molecule has 1 heterocycles. The number of fused-ring (bicyclic) bond motifs is 1. The standard InChI is InChI=1S/C11H11ClF3N/c12-8-2-1-7-3-4-16-6-10(9(7)5-8)11(13,14)15/h1-2,5,10,16H,3-4,6H2. The minimum Gasteiger partial charge on any atom is -0.315 e. The molecule has 0 amide bonds. The average Bonchev–Trinajstić information content (AvgIpc) is 2.38. The summed E-state index contributed by atoms with van der Waals surface area (Å²) in [7, 11) is 0. The molecule has 1 aromatic rings. The highest BCUT2D eigenvalue weighted by Gasteiger charge is 2.42. The van der Waals surface area contributed by atoms with Crippen molar-refractivity contribution >= 4 is 11.6 Å². The van der Waals surface area contributed by atoms with Crippen LogP contribution in [0.25, 0.3) is 0 Å². The molecule has 1 N–H and O–H groups in total. The number of alkyl halides is 3. The van der Waals surface area contributed by atoms with Gasteiger partial charge in [0.1, 0.15) is 0 Å². The van der Waals surface area contributed by atoms with Crippen LogP contribution >= 0.6 is 11.6 Å². The lowest BCUT2D eigenvalue weighted by molar-refractivity contribution is -0.149. The van der Waals surface area contributed by atoms with Crippen LogP contribution in [0.15, 0.2) is 18.2 Å². The maximum Gasteiger partial charge on any atom is 0.396 e. The Bertz CT molecular complexity index is 389. The van der Waals surface area contributed by atoms with Gasteiger partial charge in [-0.2, -0.15) is 13.2 Å². The zero-order valence-corrected chi connectivity index (χ0v) is 9.20. The van der Waals surface area contributed by atoms with Gasteiger partial charge >= 0.3 is 6.18 Å². The van der Waals surface area contributed by atoms with E-state index in [0.29, 0.717) is 23.6 Å². The highest BCUT2D eigenvalue weighted by molar-refractivity contribution is 6.30. The molecule has 1 atom stereocenters. The lowest BCUT2D eigenvalue weighted by atomic mass is 9.93. The van der Waals surface area contributed by atoms with Crippen LogP contribution in [0.1, 0.15) is 17.0 Å². The topological polar surface area (TPSA) is 12.0 Å². The van der Waals surface area contributed by atoms with Crippen molar-refractivity contribution in [1.29, 1.82) is 0 Å². The number of benzene rings is 1. The van der Waals surface area contributed by atoms with Crippen molar-refractivity contribution in [2.75, 3.05) is 13.1 Å². The van der Waals surface area contributed by atoms with E-state index in [4.69, 9.17) is 11.6 Å². The van der Waals surface area contributed by atoms with Gasteiger partial charge in [-0.05, 0) is 36.2 Å². The van der Waals surface area contributed by atoms with Gasteiger partial charge in [-0.3, -0.25) is 0 Å². The van der Waals surface area contributed by atoms with Gasteiger partial charge in [-0.15, -0.1) is 0 Å². The summed E-state index contributed by atoms with van der Waals surface area (Å²) < 4.78 is 38.5. The number of rotatable bonds is 0. The van der Waals surface area contributed by atoms with E-state index in [1.54, 1.807) is 12.1 Å². The lowest BCUT2D eigenvalue weighted by Gasteiger charge is -2.20. The van der Waals surface area contributed by atoms with E-state index in [0.717, 1.165) is 5.56 Å². The number of nitrogens with one attached hydrogen (secondary N) is 1. The molecule has 1 aliphatic heterocycles. The fourth-order valence-corrected chi connectivity index (χ4v) is 2.17. The normalized spacial score (nSPS) is 21.4. The molecule has 16 heavy (non-hydrogen) atoms. The van der Waals surface area contributed by atoms with Crippen LogP contribution in [0.3, 0.4) is 0 Å². The Balaban J connectivity index is 2.47. The number of hydrogen-bond acceptors (Lipinski definition) is 1. The van der Waals surface area contributed by atoms with Crippen molar-refractivity contribution in [3.05, 3.63) is 34.3 Å². The summed E-state index contributed by atoms with van der Waals surface area (Å²) in [5.41, 5.74) is 1.04. The van der Waals surface area contributed by atoms with Crippen LogP contribution < -0.4 is 5.32 Å². The fourth-order valence-electron chi connectivity index (χ4n) is 1.99. The van der Waals surface area contributed by atoms with Crippen LogP contribution in [0.4, 0.5) is 13.2 Å². The van der Waals surface area contributed by atoms with Gasteiger partial charge in [-0.1, -0.05) is 17.7 Å². The number of halogens is 4. The molecule has 1 nitrogen and oxygen atoms in total. The Morgan fingerprint density at radius 3 is 2.75 bits per heavy atom. The third-order valence-electron chi connectivity index (χ3n) is 2.80. The Labute approximate surface area is 96.6 Å². The Hall–Kier alpha value is -0.740. The minimum atomic E-state index is -4.23. The summed E-state index contributed by atoms with van der Waals surface area (Å²) in [5.74, 6) is -1.45. The highest BCUT2D eigenvalue weighted by atomic mass is 35.5. The van der Waals surface area contributed by atoms with Crippen LogP contribution in [-0.4, -0.2) is 19.3 Å². The van der Waals surface area contributed by atoms with Crippen LogP contribution in [0, 0.1) is 0 Å². The van der Waals surface area contributed by atoms with Gasteiger partial charge in [0.2, 0.25) is 0 Å². The van der Waals surface area contributed by atoms with Gasteiger partial charge in [-0.25, -0.2) is 0 Å². The molecule has 0 fully saturated rings. The second-order valence-corrected chi connectivity index (χ2v) is 4.33. The predicted molar refractivity (Wildman–Crippen MR) is 56.8 cm³/mol. The van der Waals surface area contributed by atoms with Crippen molar-refractivity contribution in [3.8, 4) is 0 Å². The number of hydrogen-bond donors (Lipinski definition) is 1. The van der Waals surface area contributed by atoms with Gasteiger partial charge in [0.15, 0.2) is 0 Å². The zero-order chi connectivity index (χ0) is 11.8. The zero-order valence-electron chi connectivity index (χ0n) is 8.44. The predicted octanol–water partition coefficient (Wildman–Crippen LogP) is 3.13. The molecule has 0 bridgehead atoms. The Kier molecular flexibility index (Phi) is 3.13. The first-order valence-corrected chi connectivity index (χ1v) is 5.42. The van der Waals surface area contributed by atoms with E-state index in [-0.39, 0.29) is 6.54 Å². The summed E-state index contributed by atoms with van der Waals surface area (Å²) >= 11 is 5.76. The third-order valence-corrected chi connectivity index (χ3v) is 3.03. The quantitative estimate of drug-likeness (QED) is 0.745. The first kappa shape index (κ1) is 11.7. The van der Waals surface area contributed by atoms with Gasteiger partial charge in [0.05, 0.1) is 5.92 Å². The second-order valence-electron chi connectivity index (χ2n) is 3.89. The summed E-state index contributed by atoms with van der Waals surface area (Å²) in [6.07, 6.45) is -3.62. The van der Waals surface area contributed by atoms with Crippen LogP contribution in [0.2, 0.25) is 5.02 Å². The molecule has 1 aromatic carbocycles. The molecule has 0 saturated heterocycles. The summed E-state index contributed by atoms with van der Waals surface area (Å²) in [6, 6.07) is 4.75. The summed E-state index contributed by atoms with van der Waals surface area (Å²) in [6.45, 7) is 0.498. The van der Waals surface area contributed by atoms with Gasteiger partial charge < -0.3 is 5.32 Å². The monoisotopic (exact) mass is 249 g/mol. The van der Waals surface area contributed by atoms with Crippen molar-refractivity contribution in [2.24, 2.45) is 0 Å². The average molecular weight is 250 g/mol. The van der Waals surface area contributed by atoms with Crippen molar-refractivity contribution in [1.82, 2.24) is 5.32 Å².